The van der Waals surface area contributed by atoms with Crippen molar-refractivity contribution >= 4 is 62.6 Å². The summed E-state index contributed by atoms with van der Waals surface area (Å²) >= 11 is 6.82. The van der Waals surface area contributed by atoms with Gasteiger partial charge in [0.2, 0.25) is 5.91 Å². The van der Waals surface area contributed by atoms with E-state index in [2.05, 4.69) is 136 Å². The third kappa shape index (κ3) is 75.8. The van der Waals surface area contributed by atoms with Crippen LogP contribution in [0.25, 0.3) is 11.0 Å². The molecule has 21 heteroatoms. The van der Waals surface area contributed by atoms with Gasteiger partial charge in [0.25, 0.3) is 5.56 Å². The lowest BCUT2D eigenvalue weighted by atomic mass is 10.2. The first-order chi connectivity index (χ1) is 52.0. The number of imidazole rings is 1. The molecule has 2 aliphatic heterocycles. The first-order valence-corrected chi connectivity index (χ1v) is 42.3. The van der Waals surface area contributed by atoms with Crippen LogP contribution in [0.5, 0.6) is 0 Å². The van der Waals surface area contributed by atoms with Gasteiger partial charge >= 0.3 is 5.69 Å². The van der Waals surface area contributed by atoms with Crippen LogP contribution in [0.2, 0.25) is 0 Å². The van der Waals surface area contributed by atoms with Crippen LogP contribution in [0.15, 0.2) is 116 Å². The van der Waals surface area contributed by atoms with E-state index in [1.807, 2.05) is 259 Å². The van der Waals surface area contributed by atoms with Crippen LogP contribution in [-0.2, 0) is 51.6 Å². The molecule has 0 aliphatic carbocycles. The number of amides is 1. The maximum Gasteiger partial charge on any atom is 0.330 e. The maximum absolute atomic E-state index is 11.5. The monoisotopic (exact) mass is 1560 g/mol. The summed E-state index contributed by atoms with van der Waals surface area (Å²) in [6, 6.07) is 17.7. The molecule has 1 amide bonds. The van der Waals surface area contributed by atoms with E-state index in [4.69, 9.17) is 12.2 Å². The van der Waals surface area contributed by atoms with Crippen LogP contribution < -0.4 is 11.2 Å². The van der Waals surface area contributed by atoms with Crippen molar-refractivity contribution in [3.8, 4) is 0 Å². The van der Waals surface area contributed by atoms with Crippen molar-refractivity contribution in [1.82, 2.24) is 63.2 Å². The molecule has 0 saturated carbocycles. The molecule has 108 heavy (non-hydrogen) atoms. The first-order valence-electron chi connectivity index (χ1n) is 40.9. The summed E-state index contributed by atoms with van der Waals surface area (Å²) in [6.45, 7) is 67.7. The molecule has 19 nitrogen and oxygen atoms in total. The van der Waals surface area contributed by atoms with Gasteiger partial charge in [0.1, 0.15) is 18.0 Å². The molecule has 0 saturated heterocycles. The zero-order valence-corrected chi connectivity index (χ0v) is 80.1. The fourth-order valence-electron chi connectivity index (χ4n) is 7.41. The molecule has 0 spiro atoms. The average Bonchev–Trinajstić information content (AvgIpc) is 1.27. The van der Waals surface area contributed by atoms with Crippen LogP contribution in [0.4, 0.5) is 0 Å². The van der Waals surface area contributed by atoms with Crippen LogP contribution in [0, 0.1) is 6.92 Å². The van der Waals surface area contributed by atoms with Gasteiger partial charge in [-0.15, -0.1) is 11.8 Å². The number of likely N-dealkylation sites (N-methyl/N-ethyl adjacent to an activating group) is 1. The lowest BCUT2D eigenvalue weighted by Gasteiger charge is -2.12. The number of para-hydroxylation sites is 2. The van der Waals surface area contributed by atoms with Crippen LogP contribution >= 0.6 is 24.0 Å². The van der Waals surface area contributed by atoms with E-state index in [9.17, 15) is 14.4 Å². The molecule has 0 fully saturated rings. The summed E-state index contributed by atoms with van der Waals surface area (Å²) in [5.41, 5.74) is 4.43. The number of carbonyl (C=O) groups is 1. The van der Waals surface area contributed by atoms with Crippen molar-refractivity contribution in [2.75, 3.05) is 81.8 Å². The Kier molecular flexibility index (Phi) is 128. The fraction of sp³-hybridized carbons (Fsp3) is 0.667. The number of aliphatic imine (C=N–C) groups is 3. The molecule has 8 rings (SSSR count). The van der Waals surface area contributed by atoms with Gasteiger partial charge in [-0.3, -0.25) is 34.1 Å². The van der Waals surface area contributed by atoms with Gasteiger partial charge in [0.05, 0.1) is 39.3 Å². The number of amidine groups is 2. The molecular formula is C87H174N16O3S2. The minimum Gasteiger partial charge on any atom is -0.372 e. The molecule has 0 unspecified atom stereocenters. The van der Waals surface area contributed by atoms with Gasteiger partial charge in [0, 0.05) is 176 Å². The SMILES string of the molecule is CC.CC.CC.CC.CC.CC.CC.CC.CC.CC.CCC.CCC(=NC)N(C)C.CCC(=O)N(C)C.CCC(=S)N(C)C.CCC1=NCCCS1.CCC1=NCCN1C.CCc1c(C)c(=O)n(C)c(=O)n1C.CCc1ccncn1.CCc1nc2ccccc2n1C.CCc1ncccn1.c1ccncc1. The standard InChI is InChI=1S/C10H12N2.C9H14N2O2.C6H12N2.2C6H8N2.C6H14N2.C6H11NS.C5H11NO.C5H11NS.C5H5N.C3H8.10C2H6/c1-3-10-11-8-6-4-5-7-9(8)12(10)2;1-5-7-6(2)8(12)11(4)9(13)10(7)3;1-3-6-7-4-5-8(6)2;1-2-6-3-4-7-5-8-6;1-2-6-7-4-3-5-8-6;1-5-6(7-2)8(3)4;1-2-6-7-4-3-5-8-6;2*1-4-5(7)6(2)3;1-2-4-6-5-3-1;1-3-2;10*1-2/h4-7H,3H2,1-2H3;5H2,1-4H3;3-5H2,1-2H3;2*3-5H,2H2,1H3;5H2,1-4H3;2-5H2,1H3;2*4H2,1-3H3;1-5H;3H2,1-2H3;10*1-2H3. The first kappa shape index (κ1) is 130. The van der Waals surface area contributed by atoms with Gasteiger partial charge in [-0.25, -0.2) is 29.7 Å². The van der Waals surface area contributed by atoms with Gasteiger partial charge < -0.3 is 28.7 Å². The van der Waals surface area contributed by atoms with Gasteiger partial charge in [0.15, 0.2) is 0 Å². The normalized spacial score (nSPS) is 9.88. The number of thiocarbonyl (C=S) groups is 1. The fourth-order valence-corrected chi connectivity index (χ4v) is 8.30. The average molecular weight is 1560 g/mol. The van der Waals surface area contributed by atoms with Gasteiger partial charge in [-0.1, -0.05) is 251 Å². The molecule has 0 radical (unpaired) electrons. The lowest BCUT2D eigenvalue weighted by molar-refractivity contribution is -0.128. The second-order valence-electron chi connectivity index (χ2n) is 19.9. The van der Waals surface area contributed by atoms with E-state index < -0.39 is 0 Å². The number of hydrogen-bond acceptors (Lipinski definition) is 15. The Labute approximate surface area is 678 Å². The van der Waals surface area contributed by atoms with Crippen molar-refractivity contribution in [2.45, 2.75) is 292 Å². The highest BCUT2D eigenvalue weighted by molar-refractivity contribution is 8.14. The van der Waals surface area contributed by atoms with Crippen molar-refractivity contribution in [3.63, 3.8) is 0 Å². The third-order valence-electron chi connectivity index (χ3n) is 12.4. The van der Waals surface area contributed by atoms with Gasteiger partial charge in [-0.2, -0.15) is 0 Å². The van der Waals surface area contributed by atoms with Crippen LogP contribution in [-0.4, -0.2) is 173 Å². The second kappa shape index (κ2) is 106. The van der Waals surface area contributed by atoms with Crippen LogP contribution in [0.1, 0.15) is 288 Å². The summed E-state index contributed by atoms with van der Waals surface area (Å²) in [4.78, 5) is 78.8. The molecule has 6 aromatic rings. The number of aryl methyl sites for hydroxylation is 4. The predicted molar refractivity (Wildman–Crippen MR) is 495 cm³/mol. The molecule has 0 N–H and O–H groups in total. The molecule has 7 heterocycles. The van der Waals surface area contributed by atoms with E-state index in [0.29, 0.717) is 18.4 Å². The Hall–Kier alpha value is -7.00. The molecule has 632 valence electrons. The molecular weight excluding hydrogens is 1380 g/mol. The number of thioether (sulfide) groups is 1. The smallest absolute Gasteiger partial charge is 0.330 e. The van der Waals surface area contributed by atoms with Crippen molar-refractivity contribution in [3.05, 3.63) is 141 Å². The van der Waals surface area contributed by atoms with Crippen molar-refractivity contribution in [2.24, 2.45) is 36.1 Å². The summed E-state index contributed by atoms with van der Waals surface area (Å²) in [6.07, 6.45) is 21.3. The Morgan fingerprint density at radius 3 is 1.27 bits per heavy atom. The highest BCUT2D eigenvalue weighted by Gasteiger charge is 2.10. The Morgan fingerprint density at radius 1 is 0.519 bits per heavy atom. The van der Waals surface area contributed by atoms with Gasteiger partial charge in [-0.05, 0) is 75.4 Å². The summed E-state index contributed by atoms with van der Waals surface area (Å²) < 4.78 is 4.81. The third-order valence-corrected chi connectivity index (χ3v) is 14.3. The number of benzene rings is 1. The molecule has 1 aromatic carbocycles. The highest BCUT2D eigenvalue weighted by Crippen LogP contribution is 2.15. The zero-order valence-electron chi connectivity index (χ0n) is 78.5. The summed E-state index contributed by atoms with van der Waals surface area (Å²) in [5.74, 6) is 5.92. The summed E-state index contributed by atoms with van der Waals surface area (Å²) in [7, 11) is 20.6. The minimum absolute atomic E-state index is 0.181. The highest BCUT2D eigenvalue weighted by atomic mass is 32.2. The maximum atomic E-state index is 11.5. The topological polar surface area (TPSA) is 193 Å². The van der Waals surface area contributed by atoms with Crippen molar-refractivity contribution in [1.29, 1.82) is 0 Å². The molecule has 2 aliphatic rings. The predicted octanol–water partition coefficient (Wildman–Crippen LogP) is 22.4. The van der Waals surface area contributed by atoms with Crippen LogP contribution in [0.3, 0.4) is 0 Å². The minimum atomic E-state index is -0.257. The van der Waals surface area contributed by atoms with E-state index >= 15 is 0 Å². The number of rotatable bonds is 9. The Balaban J connectivity index is -0.0000000823. The Bertz CT molecular complexity index is 2810. The second-order valence-corrected chi connectivity index (χ2v) is 21.6. The number of hydrogen-bond donors (Lipinski definition) is 0. The number of nitrogens with zero attached hydrogens (tertiary/aromatic N) is 16. The van der Waals surface area contributed by atoms with E-state index in [0.717, 1.165) is 109 Å². The number of fused-ring (bicyclic) bond motifs is 1. The van der Waals surface area contributed by atoms with E-state index in [-0.39, 0.29) is 17.2 Å². The Morgan fingerprint density at radius 2 is 1.03 bits per heavy atom. The van der Waals surface area contributed by atoms with E-state index in [1.54, 1.807) is 70.3 Å². The molecule has 0 bridgehead atoms. The largest absolute Gasteiger partial charge is 0.372 e. The summed E-state index contributed by atoms with van der Waals surface area (Å²) in [5, 5.41) is 1.34. The number of pyridine rings is 1. The molecule has 0 atom stereocenters. The molecule has 5 aromatic heterocycles. The number of carbonyl (C=O) groups excluding carboxylic acids is 1. The number of aromatic nitrogens is 9. The van der Waals surface area contributed by atoms with Crippen molar-refractivity contribution < 1.29 is 4.79 Å². The zero-order chi connectivity index (χ0) is 87.4. The van der Waals surface area contributed by atoms with E-state index in [1.165, 1.54) is 46.6 Å². The lowest BCUT2D eigenvalue weighted by Crippen LogP contribution is -2.40. The quantitative estimate of drug-likeness (QED) is 0.0754.